The van der Waals surface area contributed by atoms with Crippen molar-refractivity contribution in [1.82, 2.24) is 19.5 Å². The number of hydrogen-bond acceptors (Lipinski definition) is 4. The molecule has 0 spiro atoms. The number of hydrogen-bond donors (Lipinski definition) is 2. The molecule has 29 heavy (non-hydrogen) atoms. The van der Waals surface area contributed by atoms with Crippen molar-refractivity contribution in [1.29, 1.82) is 0 Å². The van der Waals surface area contributed by atoms with Gasteiger partial charge < -0.3 is 15.3 Å². The Morgan fingerprint density at radius 3 is 2.69 bits per heavy atom. The first-order valence-corrected chi connectivity index (χ1v) is 8.73. The summed E-state index contributed by atoms with van der Waals surface area (Å²) in [6.07, 6.45) is -0.910. The van der Waals surface area contributed by atoms with Crippen molar-refractivity contribution in [3.63, 3.8) is 0 Å². The number of pyridine rings is 1. The molecule has 2 atom stereocenters. The molecule has 0 radical (unpaired) electrons. The number of amides is 1. The molecule has 2 unspecified atom stereocenters. The summed E-state index contributed by atoms with van der Waals surface area (Å²) in [6.45, 7) is -0.113. The topological polar surface area (TPSA) is 82.8 Å². The van der Waals surface area contributed by atoms with Gasteiger partial charge in [0.2, 0.25) is 5.95 Å². The minimum absolute atomic E-state index is 0.0527. The fourth-order valence-corrected chi connectivity index (χ4v) is 3.32. The summed E-state index contributed by atoms with van der Waals surface area (Å²) in [4.78, 5) is 16.2. The van der Waals surface area contributed by atoms with Crippen molar-refractivity contribution in [2.45, 2.75) is 18.6 Å². The zero-order valence-corrected chi connectivity index (χ0v) is 14.8. The molecule has 0 saturated carbocycles. The molecule has 1 amide bonds. The third-order valence-corrected chi connectivity index (χ3v) is 4.81. The number of halogens is 4. The van der Waals surface area contributed by atoms with E-state index in [0.717, 1.165) is 17.0 Å². The molecule has 7 nitrogen and oxygen atoms in total. The molecule has 0 aliphatic carbocycles. The van der Waals surface area contributed by atoms with Crippen LogP contribution in [0.4, 0.5) is 28.3 Å². The van der Waals surface area contributed by atoms with Gasteiger partial charge in [0.1, 0.15) is 6.17 Å². The summed E-state index contributed by atoms with van der Waals surface area (Å²) < 4.78 is 56.7. The third-order valence-electron chi connectivity index (χ3n) is 4.81. The number of likely N-dealkylation sites (tertiary alicyclic amines) is 1. The number of alkyl halides is 1. The number of piperidine rings is 1. The SMILES string of the molecule is O=C(O)N1CCC(Nc2nc3c(-c4ccc(F)c(F)c4F)cccn3n2)C(F)C1. The molecule has 1 aliphatic heterocycles. The molecule has 11 heteroatoms. The number of anilines is 1. The van der Waals surface area contributed by atoms with E-state index in [-0.39, 0.29) is 42.2 Å². The van der Waals surface area contributed by atoms with Crippen LogP contribution >= 0.6 is 0 Å². The fraction of sp³-hybridized carbons (Fsp3) is 0.278. The Kier molecular flexibility index (Phi) is 4.73. The summed E-state index contributed by atoms with van der Waals surface area (Å²) in [6, 6.07) is 4.23. The zero-order chi connectivity index (χ0) is 20.7. The van der Waals surface area contributed by atoms with Crippen LogP contribution in [0.15, 0.2) is 30.5 Å². The van der Waals surface area contributed by atoms with Crippen LogP contribution < -0.4 is 5.32 Å². The summed E-state index contributed by atoms with van der Waals surface area (Å²) in [5.74, 6) is -4.19. The van der Waals surface area contributed by atoms with E-state index in [1.165, 1.54) is 22.8 Å². The molecule has 0 bridgehead atoms. The molecule has 4 rings (SSSR count). The average molecular weight is 409 g/mol. The lowest BCUT2D eigenvalue weighted by Crippen LogP contribution is -2.49. The highest BCUT2D eigenvalue weighted by Crippen LogP contribution is 2.29. The van der Waals surface area contributed by atoms with E-state index >= 15 is 0 Å². The lowest BCUT2D eigenvalue weighted by atomic mass is 10.0. The highest BCUT2D eigenvalue weighted by molar-refractivity contribution is 5.78. The Hall–Kier alpha value is -3.37. The van der Waals surface area contributed by atoms with Gasteiger partial charge >= 0.3 is 6.09 Å². The van der Waals surface area contributed by atoms with Crippen LogP contribution in [0.25, 0.3) is 16.8 Å². The van der Waals surface area contributed by atoms with Crippen molar-refractivity contribution in [2.24, 2.45) is 0 Å². The molecule has 2 aromatic heterocycles. The van der Waals surface area contributed by atoms with Crippen molar-refractivity contribution in [2.75, 3.05) is 18.4 Å². The summed E-state index contributed by atoms with van der Waals surface area (Å²) in [7, 11) is 0. The van der Waals surface area contributed by atoms with Gasteiger partial charge in [-0.3, -0.25) is 0 Å². The van der Waals surface area contributed by atoms with Gasteiger partial charge in [-0.2, -0.15) is 4.98 Å². The highest BCUT2D eigenvalue weighted by atomic mass is 19.2. The molecule has 1 aromatic carbocycles. The molecule has 3 heterocycles. The maximum atomic E-state index is 14.3. The van der Waals surface area contributed by atoms with Gasteiger partial charge in [-0.15, -0.1) is 5.10 Å². The number of fused-ring (bicyclic) bond motifs is 1. The van der Waals surface area contributed by atoms with Crippen LogP contribution in [0.3, 0.4) is 0 Å². The van der Waals surface area contributed by atoms with Gasteiger partial charge in [-0.25, -0.2) is 26.9 Å². The number of benzene rings is 1. The second-order valence-electron chi connectivity index (χ2n) is 6.63. The highest BCUT2D eigenvalue weighted by Gasteiger charge is 2.32. The minimum atomic E-state index is -1.59. The number of aromatic nitrogens is 3. The maximum Gasteiger partial charge on any atom is 0.407 e. The fourth-order valence-electron chi connectivity index (χ4n) is 3.32. The Bertz CT molecular complexity index is 1090. The van der Waals surface area contributed by atoms with E-state index in [4.69, 9.17) is 5.11 Å². The Labute approximate surface area is 161 Å². The predicted octanol–water partition coefficient (Wildman–Crippen LogP) is 3.32. The van der Waals surface area contributed by atoms with Crippen molar-refractivity contribution in [3.8, 4) is 11.1 Å². The minimum Gasteiger partial charge on any atom is -0.465 e. The number of nitrogens with one attached hydrogen (secondary N) is 1. The lowest BCUT2D eigenvalue weighted by molar-refractivity contribution is 0.101. The monoisotopic (exact) mass is 409 g/mol. The van der Waals surface area contributed by atoms with Crippen LogP contribution in [0.2, 0.25) is 0 Å². The number of rotatable bonds is 3. The van der Waals surface area contributed by atoms with Crippen LogP contribution in [0.5, 0.6) is 0 Å². The van der Waals surface area contributed by atoms with E-state index in [1.807, 2.05) is 0 Å². The summed E-state index contributed by atoms with van der Waals surface area (Å²) >= 11 is 0. The Morgan fingerprint density at radius 2 is 1.97 bits per heavy atom. The number of nitrogens with zero attached hydrogens (tertiary/aromatic N) is 4. The summed E-state index contributed by atoms with van der Waals surface area (Å²) in [5, 5.41) is 15.9. The molecule has 1 saturated heterocycles. The molecular formula is C18H15F4N5O2. The van der Waals surface area contributed by atoms with E-state index in [2.05, 4.69) is 15.4 Å². The average Bonchev–Trinajstić information content (AvgIpc) is 3.10. The van der Waals surface area contributed by atoms with Crippen LogP contribution in [-0.2, 0) is 0 Å². The van der Waals surface area contributed by atoms with Crippen LogP contribution in [0, 0.1) is 17.5 Å². The second kappa shape index (κ2) is 7.22. The van der Waals surface area contributed by atoms with Crippen molar-refractivity contribution >= 4 is 17.7 Å². The van der Waals surface area contributed by atoms with Crippen molar-refractivity contribution < 1.29 is 27.5 Å². The van der Waals surface area contributed by atoms with Crippen molar-refractivity contribution in [3.05, 3.63) is 47.9 Å². The predicted molar refractivity (Wildman–Crippen MR) is 94.8 cm³/mol. The van der Waals surface area contributed by atoms with E-state index in [1.54, 1.807) is 0 Å². The molecule has 1 fully saturated rings. The van der Waals surface area contributed by atoms with Gasteiger partial charge in [0, 0.05) is 23.9 Å². The van der Waals surface area contributed by atoms with Crippen LogP contribution in [0.1, 0.15) is 6.42 Å². The third kappa shape index (κ3) is 3.43. The lowest BCUT2D eigenvalue weighted by Gasteiger charge is -2.33. The van der Waals surface area contributed by atoms with E-state index in [0.29, 0.717) is 0 Å². The quantitative estimate of drug-likeness (QED) is 0.512. The standard InChI is InChI=1S/C18H15F4N5O2/c19-11-4-3-9(14(21)15(11)22)10-2-1-6-27-16(10)24-17(25-27)23-13-5-7-26(18(28)29)8-12(13)20/h1-4,6,12-13H,5,7-8H2,(H,23,25)(H,28,29). The first-order valence-electron chi connectivity index (χ1n) is 8.73. The number of carbonyl (C=O) groups is 1. The van der Waals surface area contributed by atoms with Gasteiger partial charge in [0.05, 0.1) is 12.6 Å². The Balaban J connectivity index is 1.64. The maximum absolute atomic E-state index is 14.3. The van der Waals surface area contributed by atoms with E-state index in [9.17, 15) is 22.4 Å². The van der Waals surface area contributed by atoms with Gasteiger partial charge in [0.25, 0.3) is 0 Å². The number of carboxylic acid groups (broad SMARTS) is 1. The smallest absolute Gasteiger partial charge is 0.407 e. The van der Waals surface area contributed by atoms with Crippen LogP contribution in [-0.4, -0.2) is 56.0 Å². The summed E-state index contributed by atoms with van der Waals surface area (Å²) in [5.41, 5.74) is 0.159. The first-order chi connectivity index (χ1) is 13.8. The largest absolute Gasteiger partial charge is 0.465 e. The Morgan fingerprint density at radius 1 is 1.17 bits per heavy atom. The van der Waals surface area contributed by atoms with Gasteiger partial charge in [0.15, 0.2) is 23.1 Å². The molecule has 2 N–H and O–H groups in total. The molecular weight excluding hydrogens is 394 g/mol. The molecule has 1 aliphatic rings. The first kappa shape index (κ1) is 19.0. The zero-order valence-electron chi connectivity index (χ0n) is 14.8. The molecule has 152 valence electrons. The molecule has 3 aromatic rings. The normalized spacial score (nSPS) is 19.5. The van der Waals surface area contributed by atoms with Gasteiger partial charge in [-0.1, -0.05) is 0 Å². The van der Waals surface area contributed by atoms with Gasteiger partial charge in [-0.05, 0) is 30.7 Å². The second-order valence-corrected chi connectivity index (χ2v) is 6.63. The van der Waals surface area contributed by atoms with E-state index < -0.39 is 35.8 Å².